The Hall–Kier alpha value is -3.74. The highest BCUT2D eigenvalue weighted by Crippen LogP contribution is 2.33. The third kappa shape index (κ3) is 8.52. The highest BCUT2D eigenvalue weighted by molar-refractivity contribution is 5.70. The normalized spacial score (nSPS) is 11.9. The molecule has 0 radical (unpaired) electrons. The second kappa shape index (κ2) is 10.7. The molecule has 1 heterocycles. The van der Waals surface area contributed by atoms with Gasteiger partial charge in [0.05, 0.1) is 11.4 Å². The number of benzene rings is 2. The van der Waals surface area contributed by atoms with Crippen LogP contribution in [-0.2, 0) is 0 Å². The molecule has 0 unspecified atom stereocenters. The van der Waals surface area contributed by atoms with Crippen molar-refractivity contribution >= 4 is 17.5 Å². The molecule has 13 heteroatoms. The van der Waals surface area contributed by atoms with Gasteiger partial charge in [-0.1, -0.05) is 24.3 Å². The number of hydrogen-bond donors (Lipinski definition) is 2. The standard InChI is InChI=1S/C22H21F6N5O2/c1-33(2)11-10-29-20-31-17(14-6-5-7-15(12-14)34-21(23,24)25)13-19(32-20)30-16-8-3-4-9-18(16)35-22(26,27)28/h3-9,12-13H,10-11H2,1-2H3,(H2,29,30,31,32). The highest BCUT2D eigenvalue weighted by Gasteiger charge is 2.32. The molecule has 0 atom stereocenters. The summed E-state index contributed by atoms with van der Waals surface area (Å²) in [5.74, 6) is -0.733. The van der Waals surface area contributed by atoms with Crippen LogP contribution in [0.2, 0.25) is 0 Å². The molecular formula is C22H21F6N5O2. The monoisotopic (exact) mass is 501 g/mol. The Balaban J connectivity index is 1.97. The van der Waals surface area contributed by atoms with Crippen LogP contribution in [0.3, 0.4) is 0 Å². The fraction of sp³-hybridized carbons (Fsp3) is 0.273. The summed E-state index contributed by atoms with van der Waals surface area (Å²) in [6.45, 7) is 1.05. The number of aromatic nitrogens is 2. The molecule has 0 saturated heterocycles. The number of alkyl halides is 6. The Morgan fingerprint density at radius 3 is 2.26 bits per heavy atom. The van der Waals surface area contributed by atoms with E-state index in [0.29, 0.717) is 13.1 Å². The smallest absolute Gasteiger partial charge is 0.406 e. The molecule has 35 heavy (non-hydrogen) atoms. The first kappa shape index (κ1) is 25.9. The summed E-state index contributed by atoms with van der Waals surface area (Å²) in [5.41, 5.74) is 0.451. The van der Waals surface area contributed by atoms with Gasteiger partial charge in [-0.2, -0.15) is 4.98 Å². The third-order valence-electron chi connectivity index (χ3n) is 4.31. The van der Waals surface area contributed by atoms with Crippen molar-refractivity contribution < 1.29 is 35.8 Å². The third-order valence-corrected chi connectivity index (χ3v) is 4.31. The Bertz CT molecular complexity index is 1140. The van der Waals surface area contributed by atoms with Gasteiger partial charge in [0.15, 0.2) is 5.75 Å². The van der Waals surface area contributed by atoms with Crippen molar-refractivity contribution in [1.29, 1.82) is 0 Å². The zero-order valence-corrected chi connectivity index (χ0v) is 18.5. The topological polar surface area (TPSA) is 71.5 Å². The van der Waals surface area contributed by atoms with Crippen molar-refractivity contribution in [3.63, 3.8) is 0 Å². The molecule has 7 nitrogen and oxygen atoms in total. The van der Waals surface area contributed by atoms with E-state index in [4.69, 9.17) is 0 Å². The number of para-hydroxylation sites is 2. The maximum atomic E-state index is 12.8. The Morgan fingerprint density at radius 1 is 0.857 bits per heavy atom. The van der Waals surface area contributed by atoms with E-state index >= 15 is 0 Å². The van der Waals surface area contributed by atoms with Gasteiger partial charge >= 0.3 is 12.7 Å². The molecule has 0 fully saturated rings. The Kier molecular flexibility index (Phi) is 7.89. The molecule has 2 N–H and O–H groups in total. The van der Waals surface area contributed by atoms with Gasteiger partial charge in [-0.05, 0) is 38.4 Å². The van der Waals surface area contributed by atoms with Gasteiger partial charge in [-0.3, -0.25) is 0 Å². The van der Waals surface area contributed by atoms with E-state index in [2.05, 4.69) is 30.1 Å². The van der Waals surface area contributed by atoms with Crippen molar-refractivity contribution in [2.24, 2.45) is 0 Å². The number of nitrogens with one attached hydrogen (secondary N) is 2. The second-order valence-corrected chi connectivity index (χ2v) is 7.44. The van der Waals surface area contributed by atoms with Crippen LogP contribution < -0.4 is 20.1 Å². The Morgan fingerprint density at radius 2 is 1.57 bits per heavy atom. The van der Waals surface area contributed by atoms with Crippen LogP contribution in [0, 0.1) is 0 Å². The molecule has 0 saturated carbocycles. The first-order chi connectivity index (χ1) is 16.4. The zero-order valence-electron chi connectivity index (χ0n) is 18.5. The minimum atomic E-state index is -4.91. The minimum absolute atomic E-state index is 0.0251. The molecule has 0 aliphatic heterocycles. The molecule has 3 aromatic rings. The van der Waals surface area contributed by atoms with Crippen LogP contribution in [0.15, 0.2) is 54.6 Å². The lowest BCUT2D eigenvalue weighted by Crippen LogP contribution is -2.21. The second-order valence-electron chi connectivity index (χ2n) is 7.44. The molecular weight excluding hydrogens is 480 g/mol. The number of halogens is 6. The van der Waals surface area contributed by atoms with Crippen molar-refractivity contribution in [1.82, 2.24) is 14.9 Å². The fourth-order valence-electron chi connectivity index (χ4n) is 2.90. The van der Waals surface area contributed by atoms with Gasteiger partial charge < -0.3 is 25.0 Å². The lowest BCUT2D eigenvalue weighted by Gasteiger charge is -2.16. The predicted octanol–water partition coefficient (Wildman–Crippen LogP) is 5.66. The van der Waals surface area contributed by atoms with E-state index in [-0.39, 0.29) is 28.7 Å². The summed E-state index contributed by atoms with van der Waals surface area (Å²) in [6.07, 6.45) is -9.79. The first-order valence-corrected chi connectivity index (χ1v) is 10.1. The molecule has 0 aliphatic carbocycles. The lowest BCUT2D eigenvalue weighted by atomic mass is 10.1. The predicted molar refractivity (Wildman–Crippen MR) is 118 cm³/mol. The number of hydrogen-bond acceptors (Lipinski definition) is 7. The summed E-state index contributed by atoms with van der Waals surface area (Å²) in [7, 11) is 3.71. The number of nitrogens with zero attached hydrogens (tertiary/aromatic N) is 3. The van der Waals surface area contributed by atoms with Crippen molar-refractivity contribution in [2.45, 2.75) is 12.7 Å². The van der Waals surface area contributed by atoms with Crippen molar-refractivity contribution in [3.05, 3.63) is 54.6 Å². The molecule has 0 aliphatic rings. The number of rotatable bonds is 9. The SMILES string of the molecule is CN(C)CCNc1nc(Nc2ccccc2OC(F)(F)F)cc(-c2cccc(OC(F)(F)F)c2)n1. The van der Waals surface area contributed by atoms with Gasteiger partial charge in [0.2, 0.25) is 5.95 Å². The fourth-order valence-corrected chi connectivity index (χ4v) is 2.90. The summed E-state index contributed by atoms with van der Waals surface area (Å²) < 4.78 is 84.3. The minimum Gasteiger partial charge on any atom is -0.406 e. The van der Waals surface area contributed by atoms with Gasteiger partial charge in [-0.15, -0.1) is 26.3 Å². The zero-order chi connectivity index (χ0) is 25.6. The first-order valence-electron chi connectivity index (χ1n) is 10.1. The average Bonchev–Trinajstić information content (AvgIpc) is 2.73. The number of anilines is 3. The average molecular weight is 501 g/mol. The van der Waals surface area contributed by atoms with Crippen molar-refractivity contribution in [3.8, 4) is 22.8 Å². The van der Waals surface area contributed by atoms with Gasteiger partial charge in [0, 0.05) is 24.7 Å². The van der Waals surface area contributed by atoms with Crippen LogP contribution >= 0.6 is 0 Å². The molecule has 2 aromatic carbocycles. The van der Waals surface area contributed by atoms with Crippen LogP contribution in [0.25, 0.3) is 11.3 Å². The Labute approximate surface area is 196 Å². The lowest BCUT2D eigenvalue weighted by molar-refractivity contribution is -0.275. The van der Waals surface area contributed by atoms with Gasteiger partial charge in [0.1, 0.15) is 11.6 Å². The van der Waals surface area contributed by atoms with Crippen molar-refractivity contribution in [2.75, 3.05) is 37.8 Å². The van der Waals surface area contributed by atoms with Crippen LogP contribution in [0.4, 0.5) is 43.8 Å². The van der Waals surface area contributed by atoms with E-state index in [1.54, 1.807) is 0 Å². The van der Waals surface area contributed by atoms with E-state index in [1.807, 2.05) is 19.0 Å². The molecule has 1 aromatic heterocycles. The summed E-state index contributed by atoms with van der Waals surface area (Å²) in [5, 5.41) is 5.75. The quantitative estimate of drug-likeness (QED) is 0.367. The summed E-state index contributed by atoms with van der Waals surface area (Å²) >= 11 is 0. The molecule has 3 rings (SSSR count). The molecule has 0 spiro atoms. The maximum absolute atomic E-state index is 12.8. The maximum Gasteiger partial charge on any atom is 0.573 e. The van der Waals surface area contributed by atoms with E-state index in [1.165, 1.54) is 36.4 Å². The largest absolute Gasteiger partial charge is 0.573 e. The van der Waals surface area contributed by atoms with Crippen LogP contribution in [-0.4, -0.2) is 54.8 Å². The molecule has 0 amide bonds. The highest BCUT2D eigenvalue weighted by atomic mass is 19.4. The molecule has 188 valence electrons. The molecule has 0 bridgehead atoms. The van der Waals surface area contributed by atoms with Crippen LogP contribution in [0.1, 0.15) is 0 Å². The summed E-state index contributed by atoms with van der Waals surface area (Å²) in [4.78, 5) is 10.5. The van der Waals surface area contributed by atoms with E-state index in [0.717, 1.165) is 18.2 Å². The summed E-state index contributed by atoms with van der Waals surface area (Å²) in [6, 6.07) is 11.9. The van der Waals surface area contributed by atoms with E-state index < -0.39 is 24.2 Å². The van der Waals surface area contributed by atoms with Gasteiger partial charge in [0.25, 0.3) is 0 Å². The van der Waals surface area contributed by atoms with E-state index in [9.17, 15) is 26.3 Å². The number of ether oxygens (including phenoxy) is 2. The number of likely N-dealkylation sites (N-methyl/N-ethyl adjacent to an activating group) is 1. The van der Waals surface area contributed by atoms with Crippen LogP contribution in [0.5, 0.6) is 11.5 Å². The van der Waals surface area contributed by atoms with Gasteiger partial charge in [-0.25, -0.2) is 4.98 Å².